The summed E-state index contributed by atoms with van der Waals surface area (Å²) in [6.45, 7) is 4.72. The second-order valence-electron chi connectivity index (χ2n) is 4.92. The van der Waals surface area contributed by atoms with Crippen LogP contribution in [0.5, 0.6) is 0 Å². The Balaban J connectivity index is 2.42. The number of nitrogens with two attached hydrogens (primary N) is 1. The molecule has 0 saturated carbocycles. The minimum absolute atomic E-state index is 0.0378. The van der Waals surface area contributed by atoms with E-state index in [0.717, 1.165) is 6.42 Å². The molecule has 5 nitrogen and oxygen atoms in total. The van der Waals surface area contributed by atoms with E-state index in [2.05, 4.69) is 11.9 Å². The second-order valence-corrected chi connectivity index (χ2v) is 6.78. The highest BCUT2D eigenvalue weighted by molar-refractivity contribution is 7.89. The maximum Gasteiger partial charge on any atom is 0.245 e. The molecule has 1 aliphatic rings. The monoisotopic (exact) mass is 269 g/mol. The van der Waals surface area contributed by atoms with Gasteiger partial charge in [0.2, 0.25) is 10.0 Å². The summed E-state index contributed by atoms with van der Waals surface area (Å²) in [4.78, 5) is 4.29. The van der Waals surface area contributed by atoms with Crippen LogP contribution in [0.15, 0.2) is 23.2 Å². The molecule has 18 heavy (non-hydrogen) atoms. The fraction of sp³-hybridized carbons (Fsp3) is 0.583. The number of hydrogen-bond acceptors (Lipinski definition) is 4. The van der Waals surface area contributed by atoms with Crippen LogP contribution in [0.25, 0.3) is 0 Å². The maximum atomic E-state index is 12.6. The smallest absolute Gasteiger partial charge is 0.245 e. The Hall–Kier alpha value is -0.980. The summed E-state index contributed by atoms with van der Waals surface area (Å²) >= 11 is 0. The van der Waals surface area contributed by atoms with Gasteiger partial charge in [-0.15, -0.1) is 0 Å². The molecule has 0 radical (unpaired) electrons. The normalized spacial score (nSPS) is 25.5. The number of pyridine rings is 1. The third-order valence-corrected chi connectivity index (χ3v) is 5.41. The van der Waals surface area contributed by atoms with Crippen LogP contribution in [0.3, 0.4) is 0 Å². The Bertz CT molecular complexity index is 530. The third kappa shape index (κ3) is 2.28. The van der Waals surface area contributed by atoms with Gasteiger partial charge in [-0.2, -0.15) is 4.31 Å². The lowest BCUT2D eigenvalue weighted by Gasteiger charge is -2.21. The van der Waals surface area contributed by atoms with Gasteiger partial charge in [0.25, 0.3) is 0 Å². The summed E-state index contributed by atoms with van der Waals surface area (Å²) in [5.74, 6) is 0.396. The van der Waals surface area contributed by atoms with E-state index in [9.17, 15) is 8.42 Å². The Morgan fingerprint density at radius 3 is 2.78 bits per heavy atom. The molecule has 2 N–H and O–H groups in total. The third-order valence-electron chi connectivity index (χ3n) is 3.36. The van der Waals surface area contributed by atoms with Crippen LogP contribution < -0.4 is 5.73 Å². The minimum atomic E-state index is -3.47. The lowest BCUT2D eigenvalue weighted by atomic mass is 10.1. The number of sulfonamides is 1. The molecule has 0 aromatic carbocycles. The van der Waals surface area contributed by atoms with Gasteiger partial charge in [-0.05, 0) is 31.4 Å². The lowest BCUT2D eigenvalue weighted by molar-refractivity contribution is 0.405. The number of aromatic nitrogens is 1. The standard InChI is InChI=1S/C12H19N3O2S/c1-9-6-10(2)15(8-9)18(16,17)12-4-3-5-14-11(12)7-13/h3-5,9-10H,6-8,13H2,1-2H3. The first-order chi connectivity index (χ1) is 8.46. The molecule has 100 valence electrons. The Morgan fingerprint density at radius 2 is 2.22 bits per heavy atom. The summed E-state index contributed by atoms with van der Waals surface area (Å²) in [5, 5.41) is 0. The van der Waals surface area contributed by atoms with Crippen molar-refractivity contribution < 1.29 is 8.42 Å². The van der Waals surface area contributed by atoms with E-state index < -0.39 is 10.0 Å². The number of nitrogens with zero attached hydrogens (tertiary/aromatic N) is 2. The van der Waals surface area contributed by atoms with Crippen LogP contribution in [0.2, 0.25) is 0 Å². The Labute approximate surface area is 108 Å². The van der Waals surface area contributed by atoms with Crippen molar-refractivity contribution in [3.05, 3.63) is 24.0 Å². The fourth-order valence-electron chi connectivity index (χ4n) is 2.53. The predicted octanol–water partition coefficient (Wildman–Crippen LogP) is 0.959. The molecule has 1 saturated heterocycles. The molecule has 2 atom stereocenters. The van der Waals surface area contributed by atoms with E-state index >= 15 is 0 Å². The minimum Gasteiger partial charge on any atom is -0.325 e. The van der Waals surface area contributed by atoms with Gasteiger partial charge >= 0.3 is 0 Å². The summed E-state index contributed by atoms with van der Waals surface area (Å²) in [7, 11) is -3.47. The van der Waals surface area contributed by atoms with E-state index in [1.807, 2.05) is 6.92 Å². The van der Waals surface area contributed by atoms with Crippen molar-refractivity contribution in [3.63, 3.8) is 0 Å². The molecule has 0 aliphatic carbocycles. The van der Waals surface area contributed by atoms with Gasteiger partial charge in [0.15, 0.2) is 0 Å². The molecular weight excluding hydrogens is 250 g/mol. The molecule has 1 aromatic heterocycles. The number of rotatable bonds is 3. The Morgan fingerprint density at radius 1 is 1.50 bits per heavy atom. The predicted molar refractivity (Wildman–Crippen MR) is 69.3 cm³/mol. The molecular formula is C12H19N3O2S. The molecule has 0 amide bonds. The highest BCUT2D eigenvalue weighted by Crippen LogP contribution is 2.29. The summed E-state index contributed by atoms with van der Waals surface area (Å²) in [6, 6.07) is 3.26. The quantitative estimate of drug-likeness (QED) is 0.886. The lowest BCUT2D eigenvalue weighted by Crippen LogP contribution is -2.34. The van der Waals surface area contributed by atoms with Crippen molar-refractivity contribution in [2.24, 2.45) is 11.7 Å². The van der Waals surface area contributed by atoms with Crippen LogP contribution in [-0.2, 0) is 16.6 Å². The zero-order chi connectivity index (χ0) is 13.3. The van der Waals surface area contributed by atoms with Crippen LogP contribution >= 0.6 is 0 Å². The summed E-state index contributed by atoms with van der Waals surface area (Å²) in [5.41, 5.74) is 6.00. The molecule has 2 rings (SSSR count). The van der Waals surface area contributed by atoms with Crippen molar-refractivity contribution in [2.75, 3.05) is 6.54 Å². The molecule has 1 aliphatic heterocycles. The maximum absolute atomic E-state index is 12.6. The van der Waals surface area contributed by atoms with Gasteiger partial charge < -0.3 is 5.73 Å². The van der Waals surface area contributed by atoms with E-state index in [4.69, 9.17) is 5.73 Å². The molecule has 2 unspecified atom stereocenters. The van der Waals surface area contributed by atoms with Crippen molar-refractivity contribution in [1.29, 1.82) is 0 Å². The van der Waals surface area contributed by atoms with Gasteiger partial charge in [0.1, 0.15) is 4.90 Å². The molecule has 1 aromatic rings. The van der Waals surface area contributed by atoms with Gasteiger partial charge in [-0.1, -0.05) is 6.92 Å². The fourth-order valence-corrected chi connectivity index (χ4v) is 4.48. The van der Waals surface area contributed by atoms with Crippen LogP contribution in [0, 0.1) is 5.92 Å². The average Bonchev–Trinajstić information content (AvgIpc) is 2.69. The first kappa shape index (κ1) is 13.5. The highest BCUT2D eigenvalue weighted by atomic mass is 32.2. The summed E-state index contributed by atoms with van der Waals surface area (Å²) in [6.07, 6.45) is 2.47. The zero-order valence-corrected chi connectivity index (χ0v) is 11.5. The van der Waals surface area contributed by atoms with Gasteiger partial charge in [-0.3, -0.25) is 4.98 Å². The SMILES string of the molecule is CC1CC(C)N(S(=O)(=O)c2cccnc2CN)C1. The van der Waals surface area contributed by atoms with Gasteiger partial charge in [0, 0.05) is 25.3 Å². The van der Waals surface area contributed by atoms with E-state index in [1.54, 1.807) is 22.6 Å². The number of hydrogen-bond donors (Lipinski definition) is 1. The van der Waals surface area contributed by atoms with E-state index in [-0.39, 0.29) is 17.5 Å². The Kier molecular flexibility index (Phi) is 3.70. The first-order valence-electron chi connectivity index (χ1n) is 6.12. The summed E-state index contributed by atoms with van der Waals surface area (Å²) < 4.78 is 26.8. The molecule has 6 heteroatoms. The highest BCUT2D eigenvalue weighted by Gasteiger charge is 2.37. The van der Waals surface area contributed by atoms with Gasteiger partial charge in [0.05, 0.1) is 5.69 Å². The van der Waals surface area contributed by atoms with Crippen LogP contribution in [0.1, 0.15) is 26.0 Å². The van der Waals surface area contributed by atoms with Crippen LogP contribution in [0.4, 0.5) is 0 Å². The van der Waals surface area contributed by atoms with Crippen molar-refractivity contribution >= 4 is 10.0 Å². The molecule has 1 fully saturated rings. The first-order valence-corrected chi connectivity index (χ1v) is 7.56. The van der Waals surface area contributed by atoms with Crippen molar-refractivity contribution in [2.45, 2.75) is 37.8 Å². The van der Waals surface area contributed by atoms with E-state index in [0.29, 0.717) is 18.2 Å². The average molecular weight is 269 g/mol. The van der Waals surface area contributed by atoms with Crippen LogP contribution in [-0.4, -0.2) is 30.3 Å². The molecule has 0 spiro atoms. The second kappa shape index (κ2) is 4.95. The molecule has 0 bridgehead atoms. The van der Waals surface area contributed by atoms with E-state index in [1.165, 1.54) is 0 Å². The van der Waals surface area contributed by atoms with Crippen molar-refractivity contribution in [1.82, 2.24) is 9.29 Å². The van der Waals surface area contributed by atoms with Crippen molar-refractivity contribution in [3.8, 4) is 0 Å². The zero-order valence-electron chi connectivity index (χ0n) is 10.7. The molecule has 2 heterocycles. The topological polar surface area (TPSA) is 76.3 Å². The largest absolute Gasteiger partial charge is 0.325 e. The van der Waals surface area contributed by atoms with Gasteiger partial charge in [-0.25, -0.2) is 8.42 Å².